The third kappa shape index (κ3) is 2.60. The van der Waals surface area contributed by atoms with Crippen LogP contribution in [0.3, 0.4) is 0 Å². The molecule has 1 aliphatic heterocycles. The Morgan fingerprint density at radius 3 is 2.58 bits per heavy atom. The number of fused-ring (bicyclic) bond motifs is 5. The van der Waals surface area contributed by atoms with Gasteiger partial charge in [-0.1, -0.05) is 48.6 Å². The van der Waals surface area contributed by atoms with E-state index < -0.39 is 32.6 Å². The van der Waals surface area contributed by atoms with E-state index in [9.17, 15) is 13.2 Å². The number of carbonyl (C=O) groups is 1. The summed E-state index contributed by atoms with van der Waals surface area (Å²) in [5, 5.41) is 1.01. The van der Waals surface area contributed by atoms with Crippen LogP contribution in [-0.2, 0) is 37.6 Å². The van der Waals surface area contributed by atoms with Gasteiger partial charge in [-0.15, -0.1) is 0 Å². The molecule has 1 aliphatic carbocycles. The Balaban J connectivity index is 1.86. The number of methoxy groups -OCH3 is 1. The number of ether oxygens (including phenoxy) is 2. The van der Waals surface area contributed by atoms with Crippen LogP contribution in [0.2, 0.25) is 0 Å². The highest BCUT2D eigenvalue weighted by Gasteiger charge is 2.63. The minimum absolute atomic E-state index is 0.00623. The summed E-state index contributed by atoms with van der Waals surface area (Å²) < 4.78 is 39.6. The van der Waals surface area contributed by atoms with Crippen molar-refractivity contribution in [3.63, 3.8) is 0 Å². The number of nitrogens with zero attached hydrogens (tertiary/aromatic N) is 1. The van der Waals surface area contributed by atoms with Gasteiger partial charge in [0, 0.05) is 41.5 Å². The molecular weight excluding hydrogens is 414 g/mol. The number of esters is 1. The Morgan fingerprint density at radius 2 is 1.84 bits per heavy atom. The molecule has 2 aromatic carbocycles. The van der Waals surface area contributed by atoms with Gasteiger partial charge in [-0.2, -0.15) is 0 Å². The number of carbonyl (C=O) groups excluding carboxylic acids is 1. The first kappa shape index (κ1) is 20.0. The van der Waals surface area contributed by atoms with Crippen LogP contribution in [0.1, 0.15) is 17.4 Å². The molecule has 5 rings (SSSR count). The Kier molecular flexibility index (Phi) is 4.57. The molecule has 0 saturated carbocycles. The molecule has 160 valence electrons. The molecule has 3 atom stereocenters. The molecule has 3 aromatic rings. The number of para-hydroxylation sites is 1. The highest BCUT2D eigenvalue weighted by molar-refractivity contribution is 7.93. The summed E-state index contributed by atoms with van der Waals surface area (Å²) in [4.78, 5) is 13.5. The van der Waals surface area contributed by atoms with E-state index in [-0.39, 0.29) is 11.3 Å². The number of aromatic nitrogens is 1. The Hall–Kier alpha value is -2.90. The molecule has 0 radical (unpaired) electrons. The van der Waals surface area contributed by atoms with Crippen molar-refractivity contribution in [2.75, 3.05) is 13.7 Å². The lowest BCUT2D eigenvalue weighted by atomic mass is 9.73. The summed E-state index contributed by atoms with van der Waals surface area (Å²) in [6.07, 6.45) is 3.04. The van der Waals surface area contributed by atoms with Gasteiger partial charge in [0.05, 0.1) is 24.7 Å². The molecule has 1 aromatic heterocycles. The monoisotopic (exact) mass is 437 g/mol. The maximum atomic E-state index is 14.1. The molecule has 0 bridgehead atoms. The number of benzene rings is 2. The number of sulfone groups is 1. The van der Waals surface area contributed by atoms with Crippen molar-refractivity contribution in [2.45, 2.75) is 22.2 Å². The van der Waals surface area contributed by atoms with Crippen LogP contribution in [0.15, 0.2) is 71.6 Å². The standard InChI is InChI=1S/C24H23NO5S/c1-25-19-13-7-6-11-17(19)21-20(25)15-24(23(26)29-2,18-12-8-14-30-22(18)21)31(27,28)16-9-4-3-5-10-16/h3-13,18,22H,14-15H2,1-2H3/t18-,22+,24-/m0/s1. The van der Waals surface area contributed by atoms with E-state index in [2.05, 4.69) is 0 Å². The second-order valence-corrected chi connectivity index (χ2v) is 10.2. The van der Waals surface area contributed by atoms with Gasteiger partial charge in [-0.25, -0.2) is 8.42 Å². The van der Waals surface area contributed by atoms with Crippen molar-refractivity contribution in [1.29, 1.82) is 0 Å². The molecule has 0 saturated heterocycles. The molecule has 0 N–H and O–H groups in total. The van der Waals surface area contributed by atoms with Crippen molar-refractivity contribution < 1.29 is 22.7 Å². The lowest BCUT2D eigenvalue weighted by Gasteiger charge is -2.45. The van der Waals surface area contributed by atoms with Crippen LogP contribution in [-0.4, -0.2) is 37.4 Å². The summed E-state index contributed by atoms with van der Waals surface area (Å²) in [6.45, 7) is 0.354. The van der Waals surface area contributed by atoms with Crippen molar-refractivity contribution in [3.8, 4) is 0 Å². The van der Waals surface area contributed by atoms with E-state index >= 15 is 0 Å². The first-order valence-electron chi connectivity index (χ1n) is 10.2. The molecule has 0 fully saturated rings. The van der Waals surface area contributed by atoms with Gasteiger partial charge in [0.2, 0.25) is 0 Å². The fourth-order valence-corrected chi connectivity index (χ4v) is 7.30. The Labute approximate surface area is 181 Å². The Morgan fingerprint density at radius 1 is 1.13 bits per heavy atom. The Bertz CT molecular complexity index is 1310. The molecular formula is C24H23NO5S. The number of aryl methyl sites for hydroxylation is 1. The summed E-state index contributed by atoms with van der Waals surface area (Å²) in [6, 6.07) is 16.0. The normalized spacial score (nSPS) is 25.1. The number of rotatable bonds is 3. The molecule has 0 unspecified atom stereocenters. The zero-order chi connectivity index (χ0) is 21.8. The van der Waals surface area contributed by atoms with E-state index in [0.717, 1.165) is 22.2 Å². The fourth-order valence-electron chi connectivity index (χ4n) is 5.18. The smallest absolute Gasteiger partial charge is 0.328 e. The maximum Gasteiger partial charge on any atom is 0.328 e. The molecule has 2 heterocycles. The average molecular weight is 438 g/mol. The van der Waals surface area contributed by atoms with Crippen LogP contribution in [0.25, 0.3) is 10.9 Å². The minimum Gasteiger partial charge on any atom is -0.468 e. The van der Waals surface area contributed by atoms with E-state index in [0.29, 0.717) is 6.61 Å². The highest BCUT2D eigenvalue weighted by atomic mass is 32.2. The largest absolute Gasteiger partial charge is 0.468 e. The van der Waals surface area contributed by atoms with Crippen molar-refractivity contribution in [3.05, 3.63) is 78.0 Å². The van der Waals surface area contributed by atoms with Crippen LogP contribution in [0, 0.1) is 5.92 Å². The predicted molar refractivity (Wildman–Crippen MR) is 116 cm³/mol. The third-order valence-electron chi connectivity index (χ3n) is 6.63. The van der Waals surface area contributed by atoms with E-state index in [4.69, 9.17) is 9.47 Å². The van der Waals surface area contributed by atoms with Gasteiger partial charge >= 0.3 is 5.97 Å². The van der Waals surface area contributed by atoms with E-state index in [1.54, 1.807) is 24.3 Å². The summed E-state index contributed by atoms with van der Waals surface area (Å²) in [5.41, 5.74) is 2.71. The van der Waals surface area contributed by atoms with Crippen molar-refractivity contribution in [2.24, 2.45) is 13.0 Å². The molecule has 6 nitrogen and oxygen atoms in total. The second-order valence-electron chi connectivity index (χ2n) is 8.02. The number of hydrogen-bond donors (Lipinski definition) is 0. The molecule has 0 amide bonds. The van der Waals surface area contributed by atoms with Crippen molar-refractivity contribution in [1.82, 2.24) is 4.57 Å². The van der Waals surface area contributed by atoms with Gasteiger partial charge in [-0.05, 0) is 18.2 Å². The van der Waals surface area contributed by atoms with Gasteiger partial charge in [-0.3, -0.25) is 4.79 Å². The topological polar surface area (TPSA) is 74.6 Å². The first-order valence-corrected chi connectivity index (χ1v) is 11.6. The fraction of sp³-hybridized carbons (Fsp3) is 0.292. The predicted octanol–water partition coefficient (Wildman–Crippen LogP) is 3.36. The zero-order valence-corrected chi connectivity index (χ0v) is 18.1. The van der Waals surface area contributed by atoms with E-state index in [1.165, 1.54) is 19.2 Å². The second kappa shape index (κ2) is 7.07. The summed E-state index contributed by atoms with van der Waals surface area (Å²) in [5.74, 6) is -1.48. The van der Waals surface area contributed by atoms with Gasteiger partial charge in [0.25, 0.3) is 0 Å². The van der Waals surface area contributed by atoms with Crippen LogP contribution in [0.4, 0.5) is 0 Å². The van der Waals surface area contributed by atoms with E-state index in [1.807, 2.05) is 42.0 Å². The third-order valence-corrected chi connectivity index (χ3v) is 9.06. The van der Waals surface area contributed by atoms with Gasteiger partial charge in [0.1, 0.15) is 0 Å². The SMILES string of the molecule is COC(=O)[C@]1(S(=O)(=O)c2ccccc2)Cc2c(c3ccccc3n2C)[C@@H]2OCC=C[C@@H]21. The number of hydrogen-bond acceptors (Lipinski definition) is 5. The molecule has 0 spiro atoms. The lowest BCUT2D eigenvalue weighted by Crippen LogP contribution is -2.59. The highest BCUT2D eigenvalue weighted by Crippen LogP contribution is 2.53. The van der Waals surface area contributed by atoms with Gasteiger partial charge < -0.3 is 14.0 Å². The first-order chi connectivity index (χ1) is 14.9. The summed E-state index contributed by atoms with van der Waals surface area (Å²) in [7, 11) is -0.981. The lowest BCUT2D eigenvalue weighted by molar-refractivity contribution is -0.147. The van der Waals surface area contributed by atoms with Crippen LogP contribution >= 0.6 is 0 Å². The van der Waals surface area contributed by atoms with Crippen LogP contribution in [0.5, 0.6) is 0 Å². The quantitative estimate of drug-likeness (QED) is 0.464. The van der Waals surface area contributed by atoms with Crippen LogP contribution < -0.4 is 0 Å². The molecule has 31 heavy (non-hydrogen) atoms. The minimum atomic E-state index is -4.12. The average Bonchev–Trinajstić information content (AvgIpc) is 3.10. The summed E-state index contributed by atoms with van der Waals surface area (Å²) >= 11 is 0. The maximum absolute atomic E-state index is 14.1. The molecule has 7 heteroatoms. The van der Waals surface area contributed by atoms with Crippen molar-refractivity contribution >= 4 is 26.7 Å². The van der Waals surface area contributed by atoms with Gasteiger partial charge in [0.15, 0.2) is 14.6 Å². The molecule has 2 aliphatic rings. The zero-order valence-electron chi connectivity index (χ0n) is 17.3.